The van der Waals surface area contributed by atoms with Crippen LogP contribution in [0.4, 0.5) is 4.79 Å². The maximum atomic E-state index is 12.2. The molecule has 29 heavy (non-hydrogen) atoms. The Balaban J connectivity index is 1.30. The first-order chi connectivity index (χ1) is 14.0. The van der Waals surface area contributed by atoms with Gasteiger partial charge in [0.25, 0.3) is 5.22 Å². The van der Waals surface area contributed by atoms with Gasteiger partial charge in [0.1, 0.15) is 0 Å². The van der Waals surface area contributed by atoms with Crippen LogP contribution >= 0.6 is 11.8 Å². The van der Waals surface area contributed by atoms with Crippen LogP contribution in [0.3, 0.4) is 0 Å². The summed E-state index contributed by atoms with van der Waals surface area (Å²) in [7, 11) is 0. The number of urea groups is 1. The van der Waals surface area contributed by atoms with E-state index in [0.29, 0.717) is 22.2 Å². The molecule has 0 unspecified atom stereocenters. The van der Waals surface area contributed by atoms with Crippen molar-refractivity contribution in [3.05, 3.63) is 17.2 Å². The largest absolute Gasteiger partial charge is 0.463 e. The van der Waals surface area contributed by atoms with Gasteiger partial charge in [-0.2, -0.15) is 0 Å². The van der Waals surface area contributed by atoms with Crippen LogP contribution in [-0.2, 0) is 14.9 Å². The van der Waals surface area contributed by atoms with Gasteiger partial charge in [0.05, 0.1) is 18.7 Å². The van der Waals surface area contributed by atoms with E-state index in [-0.39, 0.29) is 24.6 Å². The molecule has 0 spiro atoms. The third-order valence-corrected chi connectivity index (χ3v) is 7.66. The smallest absolute Gasteiger partial charge is 0.337 e. The molecule has 4 fully saturated rings. The molecule has 1 aromatic rings. The standard InChI is InChI=1S/C20H26N4O4S/c1-2-27-16(25)14-9-21-18(26)22-15(14)10-29-19-24-23-17(28-19)20-6-11-3-12(7-20)5-13(4-11)8-20/h11-13H,2-10H2,1H3,(H2,21,22,26). The Bertz CT molecular complexity index is 829. The van der Waals surface area contributed by atoms with Gasteiger partial charge < -0.3 is 19.8 Å². The molecule has 0 radical (unpaired) electrons. The van der Waals surface area contributed by atoms with Crippen molar-refractivity contribution >= 4 is 23.8 Å². The van der Waals surface area contributed by atoms with Crippen molar-refractivity contribution in [2.45, 2.75) is 56.1 Å². The molecular formula is C20H26N4O4S. The number of carbonyl (C=O) groups is 2. The number of amides is 2. The average Bonchev–Trinajstić information content (AvgIpc) is 3.15. The minimum Gasteiger partial charge on any atom is -0.463 e. The normalized spacial score (nSPS) is 32.9. The number of ether oxygens (including phenoxy) is 1. The molecule has 2 N–H and O–H groups in total. The van der Waals surface area contributed by atoms with Crippen LogP contribution in [0.1, 0.15) is 51.3 Å². The zero-order valence-electron chi connectivity index (χ0n) is 16.5. The Morgan fingerprint density at radius 1 is 1.21 bits per heavy atom. The van der Waals surface area contributed by atoms with E-state index >= 15 is 0 Å². The summed E-state index contributed by atoms with van der Waals surface area (Å²) >= 11 is 1.34. The van der Waals surface area contributed by atoms with E-state index in [9.17, 15) is 9.59 Å². The Morgan fingerprint density at radius 3 is 2.55 bits per heavy atom. The van der Waals surface area contributed by atoms with Crippen molar-refractivity contribution in [3.63, 3.8) is 0 Å². The summed E-state index contributed by atoms with van der Waals surface area (Å²) in [5.74, 6) is 3.16. The Labute approximate surface area is 173 Å². The number of esters is 1. The highest BCUT2D eigenvalue weighted by Crippen LogP contribution is 2.60. The van der Waals surface area contributed by atoms with Gasteiger partial charge in [-0.3, -0.25) is 0 Å². The molecule has 5 aliphatic rings. The maximum absolute atomic E-state index is 12.2. The maximum Gasteiger partial charge on any atom is 0.337 e. The number of carbonyl (C=O) groups excluding carboxylic acids is 2. The van der Waals surface area contributed by atoms with Gasteiger partial charge in [-0.15, -0.1) is 10.2 Å². The highest BCUT2D eigenvalue weighted by Gasteiger charge is 2.54. The van der Waals surface area contributed by atoms with Crippen molar-refractivity contribution in [3.8, 4) is 0 Å². The van der Waals surface area contributed by atoms with E-state index in [4.69, 9.17) is 9.15 Å². The van der Waals surface area contributed by atoms with Crippen molar-refractivity contribution < 1.29 is 18.7 Å². The van der Waals surface area contributed by atoms with Gasteiger partial charge in [0.2, 0.25) is 5.89 Å². The fraction of sp³-hybridized carbons (Fsp3) is 0.700. The van der Waals surface area contributed by atoms with E-state index in [1.54, 1.807) is 6.92 Å². The van der Waals surface area contributed by atoms with E-state index < -0.39 is 5.97 Å². The lowest BCUT2D eigenvalue weighted by Crippen LogP contribution is -2.48. The van der Waals surface area contributed by atoms with E-state index in [2.05, 4.69) is 20.8 Å². The first-order valence-corrected chi connectivity index (χ1v) is 11.4. The van der Waals surface area contributed by atoms with Gasteiger partial charge >= 0.3 is 12.0 Å². The predicted octanol–water partition coefficient (Wildman–Crippen LogP) is 2.76. The molecule has 0 atom stereocenters. The predicted molar refractivity (Wildman–Crippen MR) is 105 cm³/mol. The summed E-state index contributed by atoms with van der Waals surface area (Å²) in [6.07, 6.45) is 7.62. The van der Waals surface area contributed by atoms with Crippen LogP contribution in [0.25, 0.3) is 0 Å². The molecule has 1 aromatic heterocycles. The van der Waals surface area contributed by atoms with Gasteiger partial charge in [-0.1, -0.05) is 11.8 Å². The molecule has 9 heteroatoms. The molecule has 1 aliphatic heterocycles. The van der Waals surface area contributed by atoms with Crippen LogP contribution in [0.15, 0.2) is 20.9 Å². The Hall–Kier alpha value is -2.03. The van der Waals surface area contributed by atoms with Gasteiger partial charge in [0.15, 0.2) is 0 Å². The van der Waals surface area contributed by atoms with Crippen molar-refractivity contribution in [1.82, 2.24) is 20.8 Å². The lowest BCUT2D eigenvalue weighted by atomic mass is 9.49. The molecule has 0 aromatic carbocycles. The minimum absolute atomic E-state index is 0.0683. The fourth-order valence-corrected chi connectivity index (χ4v) is 6.81. The SMILES string of the molecule is CCOC(=O)C1=C(CSc2nnc(C34CC5CC(CC(C5)C3)C4)o2)NC(=O)NC1. The molecule has 2 heterocycles. The van der Waals surface area contributed by atoms with Gasteiger partial charge in [0, 0.05) is 16.9 Å². The molecule has 8 nitrogen and oxygen atoms in total. The van der Waals surface area contributed by atoms with Crippen molar-refractivity contribution in [2.24, 2.45) is 17.8 Å². The average molecular weight is 419 g/mol. The number of aromatic nitrogens is 2. The molecule has 6 rings (SSSR count). The number of nitrogens with one attached hydrogen (secondary N) is 2. The van der Waals surface area contributed by atoms with Crippen LogP contribution in [-0.4, -0.2) is 41.1 Å². The minimum atomic E-state index is -0.421. The van der Waals surface area contributed by atoms with Crippen LogP contribution in [0.2, 0.25) is 0 Å². The summed E-state index contributed by atoms with van der Waals surface area (Å²) in [6, 6.07) is -0.326. The lowest BCUT2D eigenvalue weighted by molar-refractivity contribution is -0.138. The second-order valence-electron chi connectivity index (χ2n) is 8.84. The summed E-state index contributed by atoms with van der Waals surface area (Å²) in [5, 5.41) is 14.5. The molecule has 156 valence electrons. The van der Waals surface area contributed by atoms with Crippen LogP contribution in [0, 0.1) is 17.8 Å². The summed E-state index contributed by atoms with van der Waals surface area (Å²) in [4.78, 5) is 23.9. The van der Waals surface area contributed by atoms with E-state index in [1.165, 1.54) is 50.3 Å². The highest BCUT2D eigenvalue weighted by atomic mass is 32.2. The molecular weight excluding hydrogens is 392 g/mol. The van der Waals surface area contributed by atoms with Crippen molar-refractivity contribution in [1.29, 1.82) is 0 Å². The second kappa shape index (κ2) is 7.34. The van der Waals surface area contributed by atoms with E-state index in [1.807, 2.05) is 0 Å². The van der Waals surface area contributed by atoms with Gasteiger partial charge in [-0.05, 0) is 63.2 Å². The quantitative estimate of drug-likeness (QED) is 0.540. The Morgan fingerprint density at radius 2 is 1.90 bits per heavy atom. The monoisotopic (exact) mass is 418 g/mol. The van der Waals surface area contributed by atoms with Crippen LogP contribution < -0.4 is 10.6 Å². The highest BCUT2D eigenvalue weighted by molar-refractivity contribution is 7.99. The fourth-order valence-electron chi connectivity index (χ4n) is 6.06. The van der Waals surface area contributed by atoms with E-state index in [0.717, 1.165) is 23.6 Å². The summed E-state index contributed by atoms with van der Waals surface area (Å²) in [5.41, 5.74) is 1.03. The molecule has 4 bridgehead atoms. The van der Waals surface area contributed by atoms with Crippen molar-refractivity contribution in [2.75, 3.05) is 18.9 Å². The number of hydrogen-bond acceptors (Lipinski definition) is 7. The number of thioether (sulfide) groups is 1. The first kappa shape index (κ1) is 19.0. The second-order valence-corrected chi connectivity index (χ2v) is 9.77. The van der Waals surface area contributed by atoms with Crippen LogP contribution in [0.5, 0.6) is 0 Å². The zero-order chi connectivity index (χ0) is 20.0. The number of nitrogens with zero attached hydrogens (tertiary/aromatic N) is 2. The first-order valence-electron chi connectivity index (χ1n) is 10.5. The topological polar surface area (TPSA) is 106 Å². The lowest BCUT2D eigenvalue weighted by Gasteiger charge is -2.55. The molecule has 4 saturated carbocycles. The number of hydrogen-bond donors (Lipinski definition) is 2. The zero-order valence-corrected chi connectivity index (χ0v) is 17.3. The molecule has 4 aliphatic carbocycles. The summed E-state index contributed by atoms with van der Waals surface area (Å²) < 4.78 is 11.2. The third-order valence-electron chi connectivity index (χ3n) is 6.81. The van der Waals surface area contributed by atoms with Gasteiger partial charge in [-0.25, -0.2) is 9.59 Å². The summed E-state index contributed by atoms with van der Waals surface area (Å²) in [6.45, 7) is 2.20. The third kappa shape index (κ3) is 3.53. The Kier molecular flexibility index (Phi) is 4.80. The molecule has 2 amide bonds. The number of rotatable bonds is 6. The molecule has 0 saturated heterocycles.